The van der Waals surface area contributed by atoms with E-state index in [1.807, 2.05) is 24.3 Å². The van der Waals surface area contributed by atoms with Crippen LogP contribution in [0.15, 0.2) is 109 Å². The Balaban J connectivity index is 1.45. The fraction of sp³-hybridized carbons (Fsp3) is 0.0357. The molecule has 0 saturated carbocycles. The summed E-state index contributed by atoms with van der Waals surface area (Å²) >= 11 is 3.32. The molecule has 2 heterocycles. The highest BCUT2D eigenvalue weighted by Gasteiger charge is 2.13. The molecule has 0 amide bonds. The van der Waals surface area contributed by atoms with Gasteiger partial charge in [-0.25, -0.2) is 0 Å². The molecule has 0 N–H and O–H groups in total. The van der Waals surface area contributed by atoms with Crippen molar-refractivity contribution < 1.29 is 4.79 Å². The van der Waals surface area contributed by atoms with Gasteiger partial charge < -0.3 is 4.90 Å². The Labute approximate surface area is 196 Å². The van der Waals surface area contributed by atoms with Gasteiger partial charge in [-0.2, -0.15) is 0 Å². The molecule has 5 rings (SSSR count). The van der Waals surface area contributed by atoms with Crippen molar-refractivity contribution in [2.45, 2.75) is 6.92 Å². The summed E-state index contributed by atoms with van der Waals surface area (Å²) in [7, 11) is 0. The van der Waals surface area contributed by atoms with Crippen LogP contribution in [0.3, 0.4) is 0 Å². The lowest BCUT2D eigenvalue weighted by atomic mass is 10.1. The predicted octanol–water partition coefficient (Wildman–Crippen LogP) is 8.82. The maximum Gasteiger partial charge on any atom is 0.169 e. The molecule has 156 valence electrons. The Kier molecular flexibility index (Phi) is 5.71. The average Bonchev–Trinajstić information content (AvgIpc) is 3.52. The smallest absolute Gasteiger partial charge is 0.169 e. The highest BCUT2D eigenvalue weighted by Crippen LogP contribution is 2.39. The fourth-order valence-corrected chi connectivity index (χ4v) is 5.66. The molecule has 0 spiro atoms. The number of ketones is 1. The van der Waals surface area contributed by atoms with Crippen LogP contribution in [-0.2, 0) is 0 Å². The Hall–Kier alpha value is -3.47. The fourth-order valence-electron chi connectivity index (χ4n) is 3.66. The number of rotatable bonds is 6. The second kappa shape index (κ2) is 8.95. The second-order valence-electron chi connectivity index (χ2n) is 7.44. The largest absolute Gasteiger partial charge is 0.311 e. The van der Waals surface area contributed by atoms with Crippen LogP contribution >= 0.6 is 22.7 Å². The number of nitrogens with zero attached hydrogens (tertiary/aromatic N) is 1. The van der Waals surface area contributed by atoms with Crippen molar-refractivity contribution in [3.63, 3.8) is 0 Å². The van der Waals surface area contributed by atoms with E-state index in [0.717, 1.165) is 26.8 Å². The van der Waals surface area contributed by atoms with E-state index < -0.39 is 0 Å². The molecular formula is C28H21NOS2. The molecule has 0 saturated heterocycles. The third-order valence-electron chi connectivity index (χ3n) is 5.24. The highest BCUT2D eigenvalue weighted by molar-refractivity contribution is 7.24. The Bertz CT molecular complexity index is 1300. The molecule has 0 bridgehead atoms. The van der Waals surface area contributed by atoms with Gasteiger partial charge in [0.1, 0.15) is 0 Å². The quantitative estimate of drug-likeness (QED) is 0.240. The van der Waals surface area contributed by atoms with Gasteiger partial charge >= 0.3 is 0 Å². The number of carbonyl (C=O) groups excluding carboxylic acids is 1. The topological polar surface area (TPSA) is 20.3 Å². The van der Waals surface area contributed by atoms with Crippen LogP contribution in [0, 0.1) is 0 Å². The average molecular weight is 452 g/mol. The van der Waals surface area contributed by atoms with E-state index in [1.165, 1.54) is 15.3 Å². The zero-order chi connectivity index (χ0) is 21.9. The van der Waals surface area contributed by atoms with Crippen molar-refractivity contribution in [2.75, 3.05) is 4.90 Å². The minimum atomic E-state index is 0.120. The molecule has 0 aliphatic heterocycles. The number of benzene rings is 3. The van der Waals surface area contributed by atoms with Crippen LogP contribution in [0.1, 0.15) is 16.6 Å². The third-order valence-corrected chi connectivity index (χ3v) is 7.76. The van der Waals surface area contributed by atoms with Crippen LogP contribution in [-0.4, -0.2) is 5.78 Å². The minimum absolute atomic E-state index is 0.120. The standard InChI is InChI=1S/C28H21NOS2/c1-20(30)25-16-18-27(31-25)28-19-17-26(32-28)21-12-14-24(15-13-21)29(22-8-4-2-5-9-22)23-10-6-3-7-11-23/h2-19H,1H3. The molecule has 32 heavy (non-hydrogen) atoms. The molecule has 0 aliphatic carbocycles. The van der Waals surface area contributed by atoms with Gasteiger partial charge in [0.25, 0.3) is 0 Å². The monoisotopic (exact) mass is 451 g/mol. The van der Waals surface area contributed by atoms with E-state index in [1.54, 1.807) is 29.6 Å². The van der Waals surface area contributed by atoms with Gasteiger partial charge in [0.05, 0.1) is 4.88 Å². The van der Waals surface area contributed by atoms with E-state index in [-0.39, 0.29) is 5.78 Å². The molecule has 2 aromatic heterocycles. The summed E-state index contributed by atoms with van der Waals surface area (Å²) in [6, 6.07) is 37.8. The highest BCUT2D eigenvalue weighted by atomic mass is 32.1. The van der Waals surface area contributed by atoms with Crippen molar-refractivity contribution in [1.82, 2.24) is 0 Å². The molecule has 0 atom stereocenters. The predicted molar refractivity (Wildman–Crippen MR) is 138 cm³/mol. The summed E-state index contributed by atoms with van der Waals surface area (Å²) in [5.74, 6) is 0.120. The Morgan fingerprint density at radius 1 is 0.562 bits per heavy atom. The summed E-state index contributed by atoms with van der Waals surface area (Å²) in [4.78, 5) is 18.2. The Morgan fingerprint density at radius 3 is 1.62 bits per heavy atom. The number of thiophene rings is 2. The van der Waals surface area contributed by atoms with Crippen molar-refractivity contribution in [2.24, 2.45) is 0 Å². The maximum atomic E-state index is 11.6. The molecule has 2 nitrogen and oxygen atoms in total. The molecule has 3 aromatic carbocycles. The maximum absolute atomic E-state index is 11.6. The van der Waals surface area contributed by atoms with E-state index >= 15 is 0 Å². The summed E-state index contributed by atoms with van der Waals surface area (Å²) in [6.07, 6.45) is 0. The number of para-hydroxylation sites is 2. The van der Waals surface area contributed by atoms with E-state index in [4.69, 9.17) is 0 Å². The van der Waals surface area contributed by atoms with Crippen molar-refractivity contribution >= 4 is 45.5 Å². The summed E-state index contributed by atoms with van der Waals surface area (Å²) in [5.41, 5.74) is 4.56. The second-order valence-corrected chi connectivity index (χ2v) is 9.60. The number of hydrogen-bond donors (Lipinski definition) is 0. The van der Waals surface area contributed by atoms with Gasteiger partial charge in [-0.1, -0.05) is 48.5 Å². The number of hydrogen-bond acceptors (Lipinski definition) is 4. The first-order chi connectivity index (χ1) is 15.7. The summed E-state index contributed by atoms with van der Waals surface area (Å²) < 4.78 is 0. The zero-order valence-electron chi connectivity index (χ0n) is 17.6. The van der Waals surface area contributed by atoms with Gasteiger partial charge in [-0.15, -0.1) is 22.7 Å². The first-order valence-corrected chi connectivity index (χ1v) is 12.0. The molecule has 4 heteroatoms. The van der Waals surface area contributed by atoms with Crippen molar-refractivity contribution in [1.29, 1.82) is 0 Å². The minimum Gasteiger partial charge on any atom is -0.311 e. The van der Waals surface area contributed by atoms with Crippen LogP contribution in [0.5, 0.6) is 0 Å². The number of anilines is 3. The van der Waals surface area contributed by atoms with Crippen LogP contribution in [0.2, 0.25) is 0 Å². The van der Waals surface area contributed by atoms with Gasteiger partial charge in [0.2, 0.25) is 0 Å². The number of Topliss-reactive ketones (excluding diaryl/α,β-unsaturated/α-hetero) is 1. The number of carbonyl (C=O) groups is 1. The van der Waals surface area contributed by atoms with Crippen LogP contribution < -0.4 is 4.90 Å². The molecular weight excluding hydrogens is 430 g/mol. The molecule has 0 fully saturated rings. The van der Waals surface area contributed by atoms with Crippen LogP contribution in [0.4, 0.5) is 17.1 Å². The van der Waals surface area contributed by atoms with Gasteiger partial charge in [-0.05, 0) is 73.2 Å². The van der Waals surface area contributed by atoms with Gasteiger partial charge in [-0.3, -0.25) is 4.79 Å². The third kappa shape index (κ3) is 4.15. The zero-order valence-corrected chi connectivity index (χ0v) is 19.2. The van der Waals surface area contributed by atoms with Crippen LogP contribution in [0.25, 0.3) is 20.2 Å². The van der Waals surface area contributed by atoms with E-state index in [9.17, 15) is 4.79 Å². The molecule has 5 aromatic rings. The lowest BCUT2D eigenvalue weighted by Gasteiger charge is -2.25. The first-order valence-electron chi connectivity index (χ1n) is 10.4. The summed E-state index contributed by atoms with van der Waals surface area (Å²) in [5, 5.41) is 0. The molecule has 0 unspecified atom stereocenters. The Morgan fingerprint density at radius 2 is 1.06 bits per heavy atom. The van der Waals surface area contributed by atoms with Gasteiger partial charge in [0.15, 0.2) is 5.78 Å². The lowest BCUT2D eigenvalue weighted by molar-refractivity contribution is 0.102. The van der Waals surface area contributed by atoms with Crippen molar-refractivity contribution in [3.05, 3.63) is 114 Å². The molecule has 0 radical (unpaired) electrons. The van der Waals surface area contributed by atoms with Gasteiger partial charge in [0, 0.05) is 31.7 Å². The van der Waals surface area contributed by atoms with E-state index in [0.29, 0.717) is 0 Å². The van der Waals surface area contributed by atoms with Crippen molar-refractivity contribution in [3.8, 4) is 20.2 Å². The van der Waals surface area contributed by atoms with E-state index in [2.05, 4.69) is 89.8 Å². The molecule has 0 aliphatic rings. The lowest BCUT2D eigenvalue weighted by Crippen LogP contribution is -2.09. The normalized spacial score (nSPS) is 10.8. The summed E-state index contributed by atoms with van der Waals surface area (Å²) in [6.45, 7) is 1.62. The first kappa shape index (κ1) is 20.4. The SMILES string of the molecule is CC(=O)c1ccc(-c2ccc(-c3ccc(N(c4ccccc4)c4ccccc4)cc3)s2)s1.